The molecule has 154 valence electrons. The molecule has 1 aliphatic rings. The molecule has 1 fully saturated rings. The molecule has 0 aliphatic carbocycles. The first-order valence-electron chi connectivity index (χ1n) is 9.53. The monoisotopic (exact) mass is 406 g/mol. The fraction of sp³-hybridized carbons (Fsp3) is 0.550. The van der Waals surface area contributed by atoms with E-state index < -0.39 is 6.04 Å². The van der Waals surface area contributed by atoms with Gasteiger partial charge in [-0.25, -0.2) is 4.79 Å². The van der Waals surface area contributed by atoms with Crippen molar-refractivity contribution in [1.82, 2.24) is 20.0 Å². The lowest BCUT2D eigenvalue weighted by molar-refractivity contribution is -0.134. The maximum atomic E-state index is 13.1. The van der Waals surface area contributed by atoms with Crippen molar-refractivity contribution in [3.8, 4) is 0 Å². The van der Waals surface area contributed by atoms with Gasteiger partial charge in [-0.2, -0.15) is 0 Å². The third-order valence-corrected chi connectivity index (χ3v) is 5.57. The summed E-state index contributed by atoms with van der Waals surface area (Å²) in [5.41, 5.74) is 1.00. The summed E-state index contributed by atoms with van der Waals surface area (Å²) < 4.78 is 0. The molecule has 0 bridgehead atoms. The average Bonchev–Trinajstić information content (AvgIpc) is 2.68. The highest BCUT2D eigenvalue weighted by molar-refractivity contribution is 8.13. The third-order valence-electron chi connectivity index (χ3n) is 4.77. The second kappa shape index (κ2) is 11.1. The highest BCUT2D eigenvalue weighted by atomic mass is 32.2. The van der Waals surface area contributed by atoms with E-state index in [0.29, 0.717) is 31.8 Å². The van der Waals surface area contributed by atoms with Crippen molar-refractivity contribution in [1.29, 1.82) is 0 Å². The van der Waals surface area contributed by atoms with E-state index in [0.717, 1.165) is 18.7 Å². The molecule has 1 aromatic rings. The largest absolute Gasteiger partial charge is 0.338 e. The molecular formula is C20H30N4O3S. The number of amides is 3. The Labute approximate surface area is 171 Å². The van der Waals surface area contributed by atoms with Gasteiger partial charge < -0.3 is 20.0 Å². The van der Waals surface area contributed by atoms with E-state index in [4.69, 9.17) is 0 Å². The Morgan fingerprint density at radius 1 is 1.14 bits per heavy atom. The van der Waals surface area contributed by atoms with Crippen LogP contribution in [0.3, 0.4) is 0 Å². The van der Waals surface area contributed by atoms with Gasteiger partial charge in [-0.1, -0.05) is 42.1 Å². The zero-order valence-electron chi connectivity index (χ0n) is 16.9. The molecule has 1 N–H and O–H groups in total. The quantitative estimate of drug-likeness (QED) is 0.739. The molecule has 1 saturated heterocycles. The Morgan fingerprint density at radius 3 is 2.39 bits per heavy atom. The summed E-state index contributed by atoms with van der Waals surface area (Å²) in [6.45, 7) is 4.95. The highest BCUT2D eigenvalue weighted by Gasteiger charge is 2.29. The average molecular weight is 407 g/mol. The highest BCUT2D eigenvalue weighted by Crippen LogP contribution is 2.09. The minimum absolute atomic E-state index is 0.0287. The first kappa shape index (κ1) is 22.2. The van der Waals surface area contributed by atoms with Crippen LogP contribution in [0, 0.1) is 0 Å². The van der Waals surface area contributed by atoms with Crippen LogP contribution >= 0.6 is 11.8 Å². The van der Waals surface area contributed by atoms with Crippen molar-refractivity contribution < 1.29 is 14.4 Å². The SMILES string of the molecule is CC(=O)SCCN(C)C(=O)NC(Cc1ccccc1)C(=O)N1CCN(C)CC1. The van der Waals surface area contributed by atoms with Gasteiger partial charge in [0, 0.05) is 58.9 Å². The second-order valence-corrected chi connectivity index (χ2v) is 8.35. The van der Waals surface area contributed by atoms with Crippen LogP contribution in [0.15, 0.2) is 30.3 Å². The molecule has 0 aromatic heterocycles. The molecule has 1 aromatic carbocycles. The van der Waals surface area contributed by atoms with Crippen LogP contribution in [0.5, 0.6) is 0 Å². The van der Waals surface area contributed by atoms with Gasteiger partial charge in [0.05, 0.1) is 0 Å². The van der Waals surface area contributed by atoms with E-state index in [1.54, 1.807) is 7.05 Å². The maximum Gasteiger partial charge on any atom is 0.317 e. The van der Waals surface area contributed by atoms with E-state index in [1.807, 2.05) is 42.3 Å². The third kappa shape index (κ3) is 7.16. The zero-order chi connectivity index (χ0) is 20.5. The summed E-state index contributed by atoms with van der Waals surface area (Å²) in [7, 11) is 3.72. The first-order valence-corrected chi connectivity index (χ1v) is 10.5. The van der Waals surface area contributed by atoms with Gasteiger partial charge in [-0.3, -0.25) is 9.59 Å². The van der Waals surface area contributed by atoms with Crippen LogP contribution in [0.25, 0.3) is 0 Å². The topological polar surface area (TPSA) is 73.0 Å². The number of hydrogen-bond donors (Lipinski definition) is 1. The normalized spacial score (nSPS) is 15.8. The predicted octanol–water partition coefficient (Wildman–Crippen LogP) is 1.29. The molecule has 1 heterocycles. The Morgan fingerprint density at radius 2 is 1.79 bits per heavy atom. The maximum absolute atomic E-state index is 13.1. The van der Waals surface area contributed by atoms with Gasteiger partial charge in [0.2, 0.25) is 5.91 Å². The Kier molecular flexibility index (Phi) is 8.79. The van der Waals surface area contributed by atoms with E-state index in [9.17, 15) is 14.4 Å². The lowest BCUT2D eigenvalue weighted by Crippen LogP contribution is -2.56. The van der Waals surface area contributed by atoms with Crippen molar-refractivity contribution in [2.24, 2.45) is 0 Å². The lowest BCUT2D eigenvalue weighted by Gasteiger charge is -2.35. The van der Waals surface area contributed by atoms with E-state index >= 15 is 0 Å². The summed E-state index contributed by atoms with van der Waals surface area (Å²) in [4.78, 5) is 42.3. The molecule has 0 spiro atoms. The van der Waals surface area contributed by atoms with Gasteiger partial charge in [-0.05, 0) is 12.6 Å². The molecule has 1 unspecified atom stereocenters. The molecule has 1 atom stereocenters. The van der Waals surface area contributed by atoms with Gasteiger partial charge in [0.25, 0.3) is 0 Å². The van der Waals surface area contributed by atoms with Crippen molar-refractivity contribution in [3.63, 3.8) is 0 Å². The minimum atomic E-state index is -0.610. The van der Waals surface area contributed by atoms with Crippen LogP contribution in [0.2, 0.25) is 0 Å². The van der Waals surface area contributed by atoms with Gasteiger partial charge >= 0.3 is 6.03 Å². The van der Waals surface area contributed by atoms with Crippen LogP contribution in [-0.2, 0) is 16.0 Å². The molecule has 7 nitrogen and oxygen atoms in total. The first-order chi connectivity index (χ1) is 13.4. The van der Waals surface area contributed by atoms with E-state index in [2.05, 4.69) is 10.2 Å². The van der Waals surface area contributed by atoms with E-state index in [-0.39, 0.29) is 17.1 Å². The summed E-state index contributed by atoms with van der Waals surface area (Å²) >= 11 is 1.19. The van der Waals surface area contributed by atoms with Gasteiger partial charge in [0.1, 0.15) is 6.04 Å². The smallest absolute Gasteiger partial charge is 0.317 e. The summed E-state index contributed by atoms with van der Waals surface area (Å²) in [6.07, 6.45) is 0.452. The molecule has 2 rings (SSSR count). The Hall–Kier alpha value is -2.06. The van der Waals surface area contributed by atoms with Crippen molar-refractivity contribution in [2.45, 2.75) is 19.4 Å². The number of hydrogen-bond acceptors (Lipinski definition) is 5. The number of nitrogens with zero attached hydrogens (tertiary/aromatic N) is 3. The zero-order valence-corrected chi connectivity index (χ0v) is 17.7. The molecule has 1 aliphatic heterocycles. The number of thioether (sulfide) groups is 1. The number of piperazine rings is 1. The Balaban J connectivity index is 2.01. The number of benzene rings is 1. The van der Waals surface area contributed by atoms with Crippen LogP contribution in [0.4, 0.5) is 4.79 Å². The minimum Gasteiger partial charge on any atom is -0.338 e. The van der Waals surface area contributed by atoms with Gasteiger partial charge in [0.15, 0.2) is 5.12 Å². The molecule has 3 amide bonds. The lowest BCUT2D eigenvalue weighted by atomic mass is 10.0. The van der Waals surface area contributed by atoms with Gasteiger partial charge in [-0.15, -0.1) is 0 Å². The van der Waals surface area contributed by atoms with Crippen molar-refractivity contribution >= 4 is 28.8 Å². The molecule has 0 radical (unpaired) electrons. The number of carbonyl (C=O) groups excluding carboxylic acids is 3. The molecule has 28 heavy (non-hydrogen) atoms. The summed E-state index contributed by atoms with van der Waals surface area (Å²) in [5, 5.41) is 2.93. The molecular weight excluding hydrogens is 376 g/mol. The number of nitrogens with one attached hydrogen (secondary N) is 1. The number of carbonyl (C=O) groups is 3. The van der Waals surface area contributed by atoms with Crippen molar-refractivity contribution in [2.75, 3.05) is 52.6 Å². The van der Waals surface area contributed by atoms with Crippen molar-refractivity contribution in [3.05, 3.63) is 35.9 Å². The molecule has 8 heteroatoms. The Bertz CT molecular complexity index is 663. The van der Waals surface area contributed by atoms with Crippen LogP contribution in [-0.4, -0.2) is 90.4 Å². The van der Waals surface area contributed by atoms with E-state index in [1.165, 1.54) is 23.6 Å². The number of rotatable bonds is 7. The van der Waals surface area contributed by atoms with Crippen LogP contribution in [0.1, 0.15) is 12.5 Å². The second-order valence-electron chi connectivity index (χ2n) is 7.08. The summed E-state index contributed by atoms with van der Waals surface area (Å²) in [6, 6.07) is 8.81. The fourth-order valence-electron chi connectivity index (χ4n) is 2.98. The van der Waals surface area contributed by atoms with Crippen LogP contribution < -0.4 is 5.32 Å². The molecule has 0 saturated carbocycles. The predicted molar refractivity (Wildman–Crippen MR) is 112 cm³/mol. The summed E-state index contributed by atoms with van der Waals surface area (Å²) in [5.74, 6) is 0.492. The fourth-order valence-corrected chi connectivity index (χ4v) is 3.64. The number of urea groups is 1. The number of likely N-dealkylation sites (N-methyl/N-ethyl adjacent to an activating group) is 1. The standard InChI is InChI=1S/C20H30N4O3S/c1-16(25)28-14-13-23(3)20(27)21-18(15-17-7-5-4-6-8-17)19(26)24-11-9-22(2)10-12-24/h4-8,18H,9-15H2,1-3H3,(H,21,27).